The number of benzene rings is 1. The van der Waals surface area contributed by atoms with Crippen LogP contribution in [-0.4, -0.2) is 35.4 Å². The molecule has 2 aromatic rings. The van der Waals surface area contributed by atoms with E-state index >= 15 is 0 Å². The average molecular weight is 407 g/mol. The van der Waals surface area contributed by atoms with E-state index in [4.69, 9.17) is 21.7 Å². The van der Waals surface area contributed by atoms with Gasteiger partial charge in [0.15, 0.2) is 4.32 Å². The van der Waals surface area contributed by atoms with Gasteiger partial charge < -0.3 is 9.47 Å². The number of ether oxygens (including phenoxy) is 2. The molecule has 1 N–H and O–H groups in total. The van der Waals surface area contributed by atoms with E-state index in [9.17, 15) is 9.59 Å². The SMILES string of the molecule is COc1ccc(OC)c(C=C2SC(=S)N(NC(=O)c3cccs3)C2=O)c1. The van der Waals surface area contributed by atoms with Gasteiger partial charge in [0.1, 0.15) is 11.5 Å². The molecule has 1 saturated heterocycles. The zero-order valence-electron chi connectivity index (χ0n) is 13.8. The Morgan fingerprint density at radius 2 is 2.08 bits per heavy atom. The zero-order valence-corrected chi connectivity index (χ0v) is 16.3. The van der Waals surface area contributed by atoms with Crippen LogP contribution in [0.15, 0.2) is 40.6 Å². The lowest BCUT2D eigenvalue weighted by Gasteiger charge is -2.14. The third kappa shape index (κ3) is 3.74. The molecule has 0 bridgehead atoms. The predicted octanol–water partition coefficient (Wildman–Crippen LogP) is 3.31. The molecule has 134 valence electrons. The van der Waals surface area contributed by atoms with E-state index in [1.807, 2.05) is 0 Å². The Morgan fingerprint density at radius 3 is 2.73 bits per heavy atom. The van der Waals surface area contributed by atoms with Crippen LogP contribution in [0.25, 0.3) is 6.08 Å². The number of carbonyl (C=O) groups excluding carboxylic acids is 2. The Hall–Kier alpha value is -2.36. The van der Waals surface area contributed by atoms with E-state index in [1.54, 1.807) is 56.0 Å². The second-order valence-electron chi connectivity index (χ2n) is 5.04. The normalized spacial score (nSPS) is 15.5. The van der Waals surface area contributed by atoms with Crippen LogP contribution in [0.4, 0.5) is 0 Å². The lowest BCUT2D eigenvalue weighted by atomic mass is 10.1. The molecule has 0 atom stereocenters. The highest BCUT2D eigenvalue weighted by atomic mass is 32.2. The van der Waals surface area contributed by atoms with E-state index in [-0.39, 0.29) is 10.2 Å². The molecule has 1 aliphatic heterocycles. The van der Waals surface area contributed by atoms with Crippen LogP contribution in [0.5, 0.6) is 11.5 Å². The third-order valence-electron chi connectivity index (χ3n) is 3.48. The Morgan fingerprint density at radius 1 is 1.27 bits per heavy atom. The van der Waals surface area contributed by atoms with Crippen molar-refractivity contribution in [2.75, 3.05) is 14.2 Å². The molecule has 2 heterocycles. The van der Waals surface area contributed by atoms with Crippen molar-refractivity contribution in [3.8, 4) is 11.5 Å². The van der Waals surface area contributed by atoms with Crippen LogP contribution in [0.3, 0.4) is 0 Å². The molecule has 1 aromatic carbocycles. The van der Waals surface area contributed by atoms with E-state index in [1.165, 1.54) is 11.3 Å². The van der Waals surface area contributed by atoms with Crippen LogP contribution in [0, 0.1) is 0 Å². The molecule has 0 unspecified atom stereocenters. The molecule has 1 aliphatic rings. The second-order valence-corrected chi connectivity index (χ2v) is 7.67. The van der Waals surface area contributed by atoms with E-state index in [0.717, 1.165) is 16.8 Å². The summed E-state index contributed by atoms with van der Waals surface area (Å²) in [5.74, 6) is 0.462. The third-order valence-corrected chi connectivity index (χ3v) is 5.65. The first-order valence-electron chi connectivity index (χ1n) is 7.38. The highest BCUT2D eigenvalue weighted by molar-refractivity contribution is 8.26. The number of thiocarbonyl (C=S) groups is 1. The summed E-state index contributed by atoms with van der Waals surface area (Å²) in [6.07, 6.45) is 1.66. The first-order chi connectivity index (χ1) is 12.5. The maximum Gasteiger partial charge on any atom is 0.285 e. The Kier molecular flexibility index (Phi) is 5.60. The molecule has 9 heteroatoms. The maximum atomic E-state index is 12.6. The lowest BCUT2D eigenvalue weighted by Crippen LogP contribution is -2.44. The van der Waals surface area contributed by atoms with Crippen molar-refractivity contribution in [1.29, 1.82) is 0 Å². The summed E-state index contributed by atoms with van der Waals surface area (Å²) in [5.41, 5.74) is 3.22. The van der Waals surface area contributed by atoms with Crippen molar-refractivity contribution in [2.24, 2.45) is 0 Å². The number of rotatable bonds is 5. The van der Waals surface area contributed by atoms with Crippen molar-refractivity contribution in [2.45, 2.75) is 0 Å². The maximum absolute atomic E-state index is 12.6. The number of thioether (sulfide) groups is 1. The Balaban J connectivity index is 1.84. The van der Waals surface area contributed by atoms with E-state index < -0.39 is 5.91 Å². The lowest BCUT2D eigenvalue weighted by molar-refractivity contribution is -0.123. The molecule has 0 radical (unpaired) electrons. The Labute approximate surface area is 163 Å². The number of hydrogen-bond acceptors (Lipinski definition) is 7. The van der Waals surface area contributed by atoms with E-state index in [0.29, 0.717) is 26.8 Å². The number of nitrogens with zero attached hydrogens (tertiary/aromatic N) is 1. The van der Waals surface area contributed by atoms with Crippen LogP contribution in [0.1, 0.15) is 15.2 Å². The molecule has 0 spiro atoms. The molecule has 1 fully saturated rings. The minimum atomic E-state index is -0.394. The summed E-state index contributed by atoms with van der Waals surface area (Å²) in [6.45, 7) is 0. The number of thiophene rings is 1. The van der Waals surface area contributed by atoms with Crippen molar-refractivity contribution < 1.29 is 19.1 Å². The van der Waals surface area contributed by atoms with Crippen molar-refractivity contribution in [3.05, 3.63) is 51.1 Å². The van der Waals surface area contributed by atoms with Gasteiger partial charge >= 0.3 is 0 Å². The smallest absolute Gasteiger partial charge is 0.285 e. The summed E-state index contributed by atoms with van der Waals surface area (Å²) in [7, 11) is 3.11. The van der Waals surface area contributed by atoms with Gasteiger partial charge in [-0.05, 0) is 47.9 Å². The molecule has 3 rings (SSSR count). The molecular formula is C17H14N2O4S3. The largest absolute Gasteiger partial charge is 0.497 e. The Bertz CT molecular complexity index is 893. The molecule has 1 aromatic heterocycles. The fraction of sp³-hybridized carbons (Fsp3) is 0.118. The van der Waals surface area contributed by atoms with Crippen LogP contribution >= 0.6 is 35.3 Å². The van der Waals surface area contributed by atoms with Crippen molar-refractivity contribution in [3.63, 3.8) is 0 Å². The van der Waals surface area contributed by atoms with Crippen LogP contribution in [-0.2, 0) is 4.79 Å². The highest BCUT2D eigenvalue weighted by Gasteiger charge is 2.34. The van der Waals surface area contributed by atoms with Gasteiger partial charge in [-0.1, -0.05) is 17.8 Å². The molecule has 0 saturated carbocycles. The minimum Gasteiger partial charge on any atom is -0.497 e. The summed E-state index contributed by atoms with van der Waals surface area (Å²) in [5, 5.41) is 2.87. The van der Waals surface area contributed by atoms with Gasteiger partial charge in [0, 0.05) is 5.56 Å². The molecule has 6 nitrogen and oxygen atoms in total. The van der Waals surface area contributed by atoms with Crippen LogP contribution < -0.4 is 14.9 Å². The number of carbonyl (C=O) groups is 2. The van der Waals surface area contributed by atoms with Gasteiger partial charge in [-0.2, -0.15) is 5.01 Å². The minimum absolute atomic E-state index is 0.257. The molecule has 26 heavy (non-hydrogen) atoms. The quantitative estimate of drug-likeness (QED) is 0.607. The summed E-state index contributed by atoms with van der Waals surface area (Å²) < 4.78 is 10.8. The average Bonchev–Trinajstić information content (AvgIpc) is 3.26. The molecular weight excluding hydrogens is 392 g/mol. The summed E-state index contributed by atoms with van der Waals surface area (Å²) in [4.78, 5) is 25.7. The van der Waals surface area contributed by atoms with Crippen molar-refractivity contribution >= 4 is 57.5 Å². The molecule has 2 amide bonds. The highest BCUT2D eigenvalue weighted by Crippen LogP contribution is 2.34. The number of methoxy groups -OCH3 is 2. The van der Waals surface area contributed by atoms with Gasteiger partial charge in [0.2, 0.25) is 0 Å². The van der Waals surface area contributed by atoms with E-state index in [2.05, 4.69) is 5.43 Å². The fourth-order valence-corrected chi connectivity index (χ4v) is 4.01. The summed E-state index contributed by atoms with van der Waals surface area (Å²) in [6, 6.07) is 8.72. The van der Waals surface area contributed by atoms with Crippen molar-refractivity contribution in [1.82, 2.24) is 10.4 Å². The van der Waals surface area contributed by atoms with Gasteiger partial charge in [-0.15, -0.1) is 11.3 Å². The second kappa shape index (κ2) is 7.90. The van der Waals surface area contributed by atoms with Gasteiger partial charge in [0.05, 0.1) is 24.0 Å². The predicted molar refractivity (Wildman–Crippen MR) is 106 cm³/mol. The number of amides is 2. The standard InChI is InChI=1S/C17H14N2O4S3/c1-22-11-5-6-12(23-2)10(8-11)9-14-16(21)19(17(24)26-14)18-15(20)13-4-3-7-25-13/h3-9H,1-2H3,(H,18,20). The monoisotopic (exact) mass is 406 g/mol. The zero-order chi connectivity index (χ0) is 18.7. The fourth-order valence-electron chi connectivity index (χ4n) is 2.22. The molecule has 0 aliphatic carbocycles. The number of hydrogen-bond donors (Lipinski definition) is 1. The first-order valence-corrected chi connectivity index (χ1v) is 9.48. The van der Waals surface area contributed by atoms with Gasteiger partial charge in [-0.3, -0.25) is 15.0 Å². The number of nitrogens with one attached hydrogen (secondary N) is 1. The summed E-state index contributed by atoms with van der Waals surface area (Å²) >= 11 is 7.62. The number of hydrazine groups is 1. The first kappa shape index (κ1) is 18.4. The van der Waals surface area contributed by atoms with Gasteiger partial charge in [-0.25, -0.2) is 0 Å². The topological polar surface area (TPSA) is 67.9 Å². The van der Waals surface area contributed by atoms with Gasteiger partial charge in [0.25, 0.3) is 11.8 Å². The van der Waals surface area contributed by atoms with Crippen LogP contribution in [0.2, 0.25) is 0 Å².